The van der Waals surface area contributed by atoms with Gasteiger partial charge < -0.3 is 10.6 Å². The Hall–Kier alpha value is -2.64. The first-order valence-corrected chi connectivity index (χ1v) is 6.79. The van der Waals surface area contributed by atoms with Gasteiger partial charge in [0.25, 0.3) is 5.91 Å². The van der Waals surface area contributed by atoms with Gasteiger partial charge >= 0.3 is 6.18 Å². The Balaban J connectivity index is 2.18. The molecule has 2 aromatic rings. The van der Waals surface area contributed by atoms with Crippen molar-refractivity contribution >= 4 is 11.9 Å². The summed E-state index contributed by atoms with van der Waals surface area (Å²) in [7, 11) is 1.63. The summed E-state index contributed by atoms with van der Waals surface area (Å²) in [6, 6.07) is 4.32. The first kappa shape index (κ1) is 16.7. The maximum Gasteiger partial charge on any atom is 0.416 e. The van der Waals surface area contributed by atoms with Gasteiger partial charge in [-0.3, -0.25) is 4.79 Å². The number of rotatable bonds is 4. The minimum atomic E-state index is -4.48. The standard InChI is InChI=1S/C15H15F3N4O/c1-9(11-5-3-4-6-12(11)15(16,17)18)22-13(23)10-7-20-14(19-2)21-8-10/h3-9H,1-2H3,(H,22,23)(H,19,20,21). The monoisotopic (exact) mass is 324 g/mol. The van der Waals surface area contributed by atoms with Crippen LogP contribution < -0.4 is 10.6 Å². The van der Waals surface area contributed by atoms with Crippen LogP contribution in [-0.2, 0) is 6.18 Å². The molecule has 1 unspecified atom stereocenters. The summed E-state index contributed by atoms with van der Waals surface area (Å²) in [6.45, 7) is 1.49. The third-order valence-corrected chi connectivity index (χ3v) is 3.22. The van der Waals surface area contributed by atoms with E-state index in [0.29, 0.717) is 5.95 Å². The van der Waals surface area contributed by atoms with Crippen molar-refractivity contribution in [3.8, 4) is 0 Å². The van der Waals surface area contributed by atoms with Crippen LogP contribution in [0.2, 0.25) is 0 Å². The van der Waals surface area contributed by atoms with Gasteiger partial charge in [0.05, 0.1) is 17.2 Å². The van der Waals surface area contributed by atoms with Gasteiger partial charge in [0.2, 0.25) is 5.95 Å². The Morgan fingerprint density at radius 3 is 2.35 bits per heavy atom. The second-order valence-corrected chi connectivity index (χ2v) is 4.83. The lowest BCUT2D eigenvalue weighted by molar-refractivity contribution is -0.138. The van der Waals surface area contributed by atoms with Crippen molar-refractivity contribution in [2.24, 2.45) is 0 Å². The molecule has 1 aromatic carbocycles. The number of carbonyl (C=O) groups is 1. The number of anilines is 1. The average molecular weight is 324 g/mol. The molecule has 1 heterocycles. The molecular weight excluding hydrogens is 309 g/mol. The molecule has 1 atom stereocenters. The maximum absolute atomic E-state index is 13.0. The summed E-state index contributed by atoms with van der Waals surface area (Å²) in [5.41, 5.74) is -0.601. The Morgan fingerprint density at radius 1 is 1.17 bits per heavy atom. The lowest BCUT2D eigenvalue weighted by Crippen LogP contribution is -2.28. The molecule has 2 N–H and O–H groups in total. The highest BCUT2D eigenvalue weighted by atomic mass is 19.4. The van der Waals surface area contributed by atoms with E-state index < -0.39 is 23.7 Å². The van der Waals surface area contributed by atoms with E-state index in [-0.39, 0.29) is 11.1 Å². The molecule has 0 aliphatic carbocycles. The minimum Gasteiger partial charge on any atom is -0.357 e. The molecule has 23 heavy (non-hydrogen) atoms. The van der Waals surface area contributed by atoms with Gasteiger partial charge in [-0.25, -0.2) is 9.97 Å². The van der Waals surface area contributed by atoms with Gasteiger partial charge in [-0.15, -0.1) is 0 Å². The lowest BCUT2D eigenvalue weighted by atomic mass is 10.0. The van der Waals surface area contributed by atoms with E-state index in [1.54, 1.807) is 7.05 Å². The predicted octanol–water partition coefficient (Wildman–Crippen LogP) is 3.03. The fourth-order valence-electron chi connectivity index (χ4n) is 2.06. The molecule has 0 saturated carbocycles. The van der Waals surface area contributed by atoms with E-state index in [1.165, 1.54) is 37.5 Å². The summed E-state index contributed by atoms with van der Waals surface area (Å²) in [5, 5.41) is 5.23. The third-order valence-electron chi connectivity index (χ3n) is 3.22. The molecule has 0 aliphatic heterocycles. The summed E-state index contributed by atoms with van der Waals surface area (Å²) < 4.78 is 39.0. The van der Waals surface area contributed by atoms with E-state index in [2.05, 4.69) is 20.6 Å². The van der Waals surface area contributed by atoms with Gasteiger partial charge in [-0.05, 0) is 18.6 Å². The topological polar surface area (TPSA) is 66.9 Å². The van der Waals surface area contributed by atoms with Crippen LogP contribution in [0.3, 0.4) is 0 Å². The third kappa shape index (κ3) is 3.97. The van der Waals surface area contributed by atoms with E-state index in [9.17, 15) is 18.0 Å². The number of benzene rings is 1. The van der Waals surface area contributed by atoms with Crippen LogP contribution in [0.4, 0.5) is 19.1 Å². The molecule has 0 saturated heterocycles. The van der Waals surface area contributed by atoms with Crippen LogP contribution in [0.15, 0.2) is 36.7 Å². The number of nitrogens with zero attached hydrogens (tertiary/aromatic N) is 2. The largest absolute Gasteiger partial charge is 0.416 e. The second kappa shape index (κ2) is 6.64. The highest BCUT2D eigenvalue weighted by Crippen LogP contribution is 2.34. The number of alkyl halides is 3. The smallest absolute Gasteiger partial charge is 0.357 e. The number of hydrogen-bond donors (Lipinski definition) is 2. The molecule has 5 nitrogen and oxygen atoms in total. The SMILES string of the molecule is CNc1ncc(C(=O)NC(C)c2ccccc2C(F)(F)F)cn1. The van der Waals surface area contributed by atoms with Crippen molar-refractivity contribution in [3.63, 3.8) is 0 Å². The fraction of sp³-hybridized carbons (Fsp3) is 0.267. The Morgan fingerprint density at radius 2 is 1.78 bits per heavy atom. The zero-order valence-corrected chi connectivity index (χ0v) is 12.5. The van der Waals surface area contributed by atoms with Crippen molar-refractivity contribution in [2.75, 3.05) is 12.4 Å². The molecule has 122 valence electrons. The Kier molecular flexibility index (Phi) is 4.83. The zero-order chi connectivity index (χ0) is 17.0. The van der Waals surface area contributed by atoms with Crippen molar-refractivity contribution in [3.05, 3.63) is 53.3 Å². The van der Waals surface area contributed by atoms with Gasteiger partial charge in [0.15, 0.2) is 0 Å². The number of nitrogens with one attached hydrogen (secondary N) is 2. The number of hydrogen-bond acceptors (Lipinski definition) is 4. The minimum absolute atomic E-state index is 0.00103. The molecule has 0 bridgehead atoms. The highest BCUT2D eigenvalue weighted by Gasteiger charge is 2.34. The fourth-order valence-corrected chi connectivity index (χ4v) is 2.06. The number of aromatic nitrogens is 2. The van der Waals surface area contributed by atoms with Crippen molar-refractivity contribution in [1.82, 2.24) is 15.3 Å². The molecule has 2 rings (SSSR count). The molecule has 0 fully saturated rings. The van der Waals surface area contributed by atoms with Crippen LogP contribution in [-0.4, -0.2) is 22.9 Å². The number of amides is 1. The predicted molar refractivity (Wildman–Crippen MR) is 78.9 cm³/mol. The zero-order valence-electron chi connectivity index (χ0n) is 12.5. The van der Waals surface area contributed by atoms with Crippen LogP contribution in [0, 0.1) is 0 Å². The second-order valence-electron chi connectivity index (χ2n) is 4.83. The first-order valence-electron chi connectivity index (χ1n) is 6.79. The van der Waals surface area contributed by atoms with Crippen LogP contribution >= 0.6 is 0 Å². The van der Waals surface area contributed by atoms with Gasteiger partial charge in [0, 0.05) is 19.4 Å². The quantitative estimate of drug-likeness (QED) is 0.907. The molecule has 1 amide bonds. The van der Waals surface area contributed by atoms with Gasteiger partial charge in [-0.2, -0.15) is 13.2 Å². The Labute approximate surface area is 131 Å². The summed E-state index contributed by atoms with van der Waals surface area (Å²) >= 11 is 0. The average Bonchev–Trinajstić information content (AvgIpc) is 2.54. The maximum atomic E-state index is 13.0. The molecule has 8 heteroatoms. The molecule has 0 spiro atoms. The summed E-state index contributed by atoms with van der Waals surface area (Å²) in [6.07, 6.45) is -1.87. The lowest BCUT2D eigenvalue weighted by Gasteiger charge is -2.19. The van der Waals surface area contributed by atoms with Gasteiger partial charge in [-0.1, -0.05) is 18.2 Å². The molecule has 0 aliphatic rings. The highest BCUT2D eigenvalue weighted by molar-refractivity contribution is 5.93. The number of carbonyl (C=O) groups excluding carboxylic acids is 1. The van der Waals surface area contributed by atoms with Crippen molar-refractivity contribution < 1.29 is 18.0 Å². The van der Waals surface area contributed by atoms with E-state index in [4.69, 9.17) is 0 Å². The Bertz CT molecular complexity index is 686. The van der Waals surface area contributed by atoms with E-state index in [1.807, 2.05) is 0 Å². The van der Waals surface area contributed by atoms with E-state index >= 15 is 0 Å². The summed E-state index contributed by atoms with van der Waals surface area (Å²) in [4.78, 5) is 19.9. The van der Waals surface area contributed by atoms with Crippen molar-refractivity contribution in [1.29, 1.82) is 0 Å². The molecule has 1 aromatic heterocycles. The molecular formula is C15H15F3N4O. The van der Waals surface area contributed by atoms with Crippen molar-refractivity contribution in [2.45, 2.75) is 19.1 Å². The van der Waals surface area contributed by atoms with Crippen LogP contribution in [0.1, 0.15) is 34.5 Å². The van der Waals surface area contributed by atoms with Gasteiger partial charge in [0.1, 0.15) is 0 Å². The normalized spacial score (nSPS) is 12.6. The first-order chi connectivity index (χ1) is 10.8. The molecule has 0 radical (unpaired) electrons. The van der Waals surface area contributed by atoms with Crippen LogP contribution in [0.5, 0.6) is 0 Å². The van der Waals surface area contributed by atoms with Crippen LogP contribution in [0.25, 0.3) is 0 Å². The number of halogens is 3. The summed E-state index contributed by atoms with van der Waals surface area (Å²) in [5.74, 6) is -0.200. The van der Waals surface area contributed by atoms with E-state index in [0.717, 1.165) is 6.07 Å².